The molecule has 1 amide bonds. The lowest BCUT2D eigenvalue weighted by Crippen LogP contribution is -2.47. The number of amides is 1. The van der Waals surface area contributed by atoms with E-state index in [2.05, 4.69) is 59.1 Å². The topological polar surface area (TPSA) is 26.8 Å². The molecule has 1 aromatic carbocycles. The van der Waals surface area contributed by atoms with Crippen molar-refractivity contribution in [1.82, 2.24) is 14.7 Å². The molecule has 2 aliphatic heterocycles. The molecule has 4 heteroatoms. The fourth-order valence-corrected chi connectivity index (χ4v) is 4.21. The standard InChI is InChI=1S/C21H33N3O/c1-22(2)20-10-6-7-13-24(16-20)21(25)17-23-14-11-19(12-15-23)18-8-4-3-5-9-18/h3-5,8-9,19-20H,6-7,10-17H2,1-2H3. The summed E-state index contributed by atoms with van der Waals surface area (Å²) in [7, 11) is 4.26. The van der Waals surface area contributed by atoms with Crippen LogP contribution in [0.3, 0.4) is 0 Å². The van der Waals surface area contributed by atoms with Crippen LogP contribution in [0.5, 0.6) is 0 Å². The molecule has 138 valence electrons. The number of carbonyl (C=O) groups excluding carboxylic acids is 1. The molecule has 25 heavy (non-hydrogen) atoms. The Morgan fingerprint density at radius 2 is 1.76 bits per heavy atom. The van der Waals surface area contributed by atoms with Gasteiger partial charge in [-0.05, 0) is 64.3 Å². The Kier molecular flexibility index (Phi) is 6.49. The maximum Gasteiger partial charge on any atom is 0.236 e. The molecule has 0 aliphatic carbocycles. The van der Waals surface area contributed by atoms with Gasteiger partial charge in [0.1, 0.15) is 0 Å². The highest BCUT2D eigenvalue weighted by Crippen LogP contribution is 2.27. The second-order valence-electron chi connectivity index (χ2n) is 7.91. The van der Waals surface area contributed by atoms with Crippen molar-refractivity contribution in [2.24, 2.45) is 0 Å². The Bertz CT molecular complexity index is 537. The summed E-state index contributed by atoms with van der Waals surface area (Å²) in [5.74, 6) is 0.982. The quantitative estimate of drug-likeness (QED) is 0.841. The van der Waals surface area contributed by atoms with E-state index in [1.54, 1.807) is 0 Å². The Morgan fingerprint density at radius 1 is 1.04 bits per heavy atom. The van der Waals surface area contributed by atoms with Gasteiger partial charge in [-0.15, -0.1) is 0 Å². The minimum absolute atomic E-state index is 0.326. The molecule has 2 aliphatic rings. The van der Waals surface area contributed by atoms with Gasteiger partial charge in [0.2, 0.25) is 5.91 Å². The average Bonchev–Trinajstić information content (AvgIpc) is 2.89. The molecular weight excluding hydrogens is 310 g/mol. The molecule has 0 aromatic heterocycles. The predicted molar refractivity (Wildman–Crippen MR) is 103 cm³/mol. The summed E-state index contributed by atoms with van der Waals surface area (Å²) in [4.78, 5) is 19.5. The minimum atomic E-state index is 0.326. The third-order valence-electron chi connectivity index (χ3n) is 5.95. The largest absolute Gasteiger partial charge is 0.340 e. The maximum atomic E-state index is 12.8. The van der Waals surface area contributed by atoms with E-state index in [1.165, 1.54) is 18.4 Å². The summed E-state index contributed by atoms with van der Waals surface area (Å²) >= 11 is 0. The highest BCUT2D eigenvalue weighted by Gasteiger charge is 2.26. The number of benzene rings is 1. The lowest BCUT2D eigenvalue weighted by molar-refractivity contribution is -0.133. The Morgan fingerprint density at radius 3 is 2.44 bits per heavy atom. The molecule has 1 atom stereocenters. The first-order chi connectivity index (χ1) is 12.1. The van der Waals surface area contributed by atoms with Crippen molar-refractivity contribution in [2.75, 3.05) is 46.8 Å². The van der Waals surface area contributed by atoms with Crippen molar-refractivity contribution < 1.29 is 4.79 Å². The molecule has 1 aromatic rings. The van der Waals surface area contributed by atoms with Crippen LogP contribution in [0.4, 0.5) is 0 Å². The van der Waals surface area contributed by atoms with Crippen molar-refractivity contribution in [3.63, 3.8) is 0 Å². The van der Waals surface area contributed by atoms with Crippen molar-refractivity contribution in [3.8, 4) is 0 Å². The van der Waals surface area contributed by atoms with Crippen LogP contribution in [0.25, 0.3) is 0 Å². The summed E-state index contributed by atoms with van der Waals surface area (Å²) in [6, 6.07) is 11.3. The van der Waals surface area contributed by atoms with Gasteiger partial charge < -0.3 is 9.80 Å². The maximum absolute atomic E-state index is 12.8. The molecule has 3 rings (SSSR count). The normalized spacial score (nSPS) is 23.6. The van der Waals surface area contributed by atoms with E-state index >= 15 is 0 Å². The van der Waals surface area contributed by atoms with Crippen LogP contribution >= 0.6 is 0 Å². The Hall–Kier alpha value is -1.39. The van der Waals surface area contributed by atoms with Crippen LogP contribution in [0.15, 0.2) is 30.3 Å². The van der Waals surface area contributed by atoms with Gasteiger partial charge in [0.05, 0.1) is 6.54 Å². The zero-order valence-corrected chi connectivity index (χ0v) is 15.9. The molecule has 0 spiro atoms. The number of piperidine rings is 1. The summed E-state index contributed by atoms with van der Waals surface area (Å²) in [6.45, 7) is 4.50. The monoisotopic (exact) mass is 343 g/mol. The first-order valence-electron chi connectivity index (χ1n) is 9.85. The van der Waals surface area contributed by atoms with Gasteiger partial charge in [0.15, 0.2) is 0 Å². The predicted octanol–water partition coefficient (Wildman–Crippen LogP) is 2.81. The smallest absolute Gasteiger partial charge is 0.236 e. The fourth-order valence-electron chi connectivity index (χ4n) is 4.21. The van der Waals surface area contributed by atoms with Crippen molar-refractivity contribution >= 4 is 5.91 Å². The van der Waals surface area contributed by atoms with Gasteiger partial charge in [-0.1, -0.05) is 36.8 Å². The highest BCUT2D eigenvalue weighted by atomic mass is 16.2. The number of rotatable bonds is 4. The molecule has 1 unspecified atom stereocenters. The van der Waals surface area contributed by atoms with Crippen LogP contribution in [0.1, 0.15) is 43.6 Å². The summed E-state index contributed by atoms with van der Waals surface area (Å²) in [6.07, 6.45) is 5.91. The van der Waals surface area contributed by atoms with E-state index in [0.717, 1.165) is 45.4 Å². The zero-order chi connectivity index (χ0) is 17.6. The van der Waals surface area contributed by atoms with Crippen molar-refractivity contribution in [3.05, 3.63) is 35.9 Å². The van der Waals surface area contributed by atoms with Crippen LogP contribution in [-0.2, 0) is 4.79 Å². The van der Waals surface area contributed by atoms with Gasteiger partial charge in [-0.25, -0.2) is 0 Å². The fraction of sp³-hybridized carbons (Fsp3) is 0.667. The summed E-state index contributed by atoms with van der Waals surface area (Å²) in [5.41, 5.74) is 1.45. The van der Waals surface area contributed by atoms with Crippen molar-refractivity contribution in [2.45, 2.75) is 44.1 Å². The van der Waals surface area contributed by atoms with E-state index in [0.29, 0.717) is 24.4 Å². The number of hydrogen-bond donors (Lipinski definition) is 0. The second-order valence-corrected chi connectivity index (χ2v) is 7.91. The first-order valence-corrected chi connectivity index (χ1v) is 9.85. The van der Waals surface area contributed by atoms with Crippen LogP contribution < -0.4 is 0 Å². The molecular formula is C21H33N3O. The Balaban J connectivity index is 1.48. The van der Waals surface area contributed by atoms with E-state index in [1.807, 2.05) is 0 Å². The number of hydrogen-bond acceptors (Lipinski definition) is 3. The summed E-state index contributed by atoms with van der Waals surface area (Å²) in [5, 5.41) is 0. The molecule has 4 nitrogen and oxygen atoms in total. The SMILES string of the molecule is CN(C)C1CCCCN(C(=O)CN2CCC(c3ccccc3)CC2)C1. The van der Waals surface area contributed by atoms with Crippen LogP contribution in [0, 0.1) is 0 Å². The van der Waals surface area contributed by atoms with Gasteiger partial charge in [0, 0.05) is 19.1 Å². The van der Waals surface area contributed by atoms with E-state index in [9.17, 15) is 4.79 Å². The number of nitrogens with zero attached hydrogens (tertiary/aromatic N) is 3. The van der Waals surface area contributed by atoms with E-state index in [4.69, 9.17) is 0 Å². The molecule has 0 N–H and O–H groups in total. The zero-order valence-electron chi connectivity index (χ0n) is 15.9. The third-order valence-corrected chi connectivity index (χ3v) is 5.95. The molecule has 0 bridgehead atoms. The van der Waals surface area contributed by atoms with Crippen LogP contribution in [0.2, 0.25) is 0 Å². The highest BCUT2D eigenvalue weighted by molar-refractivity contribution is 5.78. The average molecular weight is 344 g/mol. The second kappa shape index (κ2) is 8.81. The van der Waals surface area contributed by atoms with Crippen molar-refractivity contribution in [1.29, 1.82) is 0 Å². The summed E-state index contributed by atoms with van der Waals surface area (Å²) < 4.78 is 0. The number of carbonyl (C=O) groups is 1. The van der Waals surface area contributed by atoms with Gasteiger partial charge in [-0.3, -0.25) is 9.69 Å². The van der Waals surface area contributed by atoms with Gasteiger partial charge in [0.25, 0.3) is 0 Å². The third kappa shape index (κ3) is 5.05. The first kappa shape index (κ1) is 18.4. The van der Waals surface area contributed by atoms with Gasteiger partial charge in [-0.2, -0.15) is 0 Å². The van der Waals surface area contributed by atoms with Gasteiger partial charge >= 0.3 is 0 Å². The van der Waals surface area contributed by atoms with E-state index < -0.39 is 0 Å². The molecule has 0 radical (unpaired) electrons. The molecule has 0 saturated carbocycles. The minimum Gasteiger partial charge on any atom is -0.340 e. The Labute approximate surface area is 152 Å². The lowest BCUT2D eigenvalue weighted by Gasteiger charge is -2.34. The number of likely N-dealkylation sites (N-methyl/N-ethyl adjacent to an activating group) is 1. The van der Waals surface area contributed by atoms with E-state index in [-0.39, 0.29) is 0 Å². The molecule has 2 heterocycles. The lowest BCUT2D eigenvalue weighted by atomic mass is 9.89. The van der Waals surface area contributed by atoms with Crippen LogP contribution in [-0.4, -0.2) is 73.5 Å². The molecule has 2 fully saturated rings. The number of likely N-dealkylation sites (tertiary alicyclic amines) is 2. The molecule has 2 saturated heterocycles.